The van der Waals surface area contributed by atoms with Gasteiger partial charge in [-0.3, -0.25) is 4.79 Å². The lowest BCUT2D eigenvalue weighted by molar-refractivity contribution is 0.0303. The summed E-state index contributed by atoms with van der Waals surface area (Å²) in [4.78, 5) is 13.9. The van der Waals surface area contributed by atoms with Crippen LogP contribution in [-0.4, -0.2) is 37.1 Å². The Bertz CT molecular complexity index is 361. The SMILES string of the molecule is O=C(c1cccc(I)c1)N1CCOCC1. The molecule has 0 bridgehead atoms. The number of carbonyl (C=O) groups is 1. The van der Waals surface area contributed by atoms with Gasteiger partial charge in [-0.15, -0.1) is 0 Å². The molecule has 0 atom stereocenters. The lowest BCUT2D eigenvalue weighted by atomic mass is 10.2. The Morgan fingerprint density at radius 1 is 1.33 bits per heavy atom. The molecule has 1 aromatic rings. The number of morpholine rings is 1. The Hall–Kier alpha value is -0.620. The van der Waals surface area contributed by atoms with Crippen LogP contribution in [0.15, 0.2) is 24.3 Å². The lowest BCUT2D eigenvalue weighted by Crippen LogP contribution is -2.40. The van der Waals surface area contributed by atoms with Crippen LogP contribution in [0.1, 0.15) is 10.4 Å². The number of hydrogen-bond acceptors (Lipinski definition) is 2. The molecule has 1 saturated heterocycles. The second-order valence-corrected chi connectivity index (χ2v) is 4.66. The molecule has 0 aromatic heterocycles. The molecular formula is C11H12INO2. The van der Waals surface area contributed by atoms with Crippen molar-refractivity contribution in [2.45, 2.75) is 0 Å². The highest BCUT2D eigenvalue weighted by Gasteiger charge is 2.18. The standard InChI is InChI=1S/C11H12INO2/c12-10-3-1-2-9(8-10)11(14)13-4-6-15-7-5-13/h1-3,8H,4-7H2. The van der Waals surface area contributed by atoms with Gasteiger partial charge in [0.05, 0.1) is 13.2 Å². The smallest absolute Gasteiger partial charge is 0.254 e. The molecule has 15 heavy (non-hydrogen) atoms. The van der Waals surface area contributed by atoms with Gasteiger partial charge in [-0.05, 0) is 40.8 Å². The molecule has 1 heterocycles. The van der Waals surface area contributed by atoms with E-state index in [4.69, 9.17) is 4.74 Å². The van der Waals surface area contributed by atoms with E-state index in [9.17, 15) is 4.79 Å². The number of hydrogen-bond donors (Lipinski definition) is 0. The number of amides is 1. The monoisotopic (exact) mass is 317 g/mol. The van der Waals surface area contributed by atoms with Crippen molar-refractivity contribution < 1.29 is 9.53 Å². The molecule has 1 amide bonds. The van der Waals surface area contributed by atoms with Crippen molar-refractivity contribution >= 4 is 28.5 Å². The molecule has 0 unspecified atom stereocenters. The minimum Gasteiger partial charge on any atom is -0.378 e. The van der Waals surface area contributed by atoms with E-state index in [-0.39, 0.29) is 5.91 Å². The van der Waals surface area contributed by atoms with Gasteiger partial charge < -0.3 is 9.64 Å². The van der Waals surface area contributed by atoms with Gasteiger partial charge in [0.15, 0.2) is 0 Å². The number of benzene rings is 1. The summed E-state index contributed by atoms with van der Waals surface area (Å²) in [6.07, 6.45) is 0. The highest BCUT2D eigenvalue weighted by molar-refractivity contribution is 14.1. The summed E-state index contributed by atoms with van der Waals surface area (Å²) in [5, 5.41) is 0. The van der Waals surface area contributed by atoms with E-state index in [1.54, 1.807) is 0 Å². The first kappa shape index (κ1) is 10.9. The Labute approximate surface area is 103 Å². The van der Waals surface area contributed by atoms with Gasteiger partial charge in [0.2, 0.25) is 0 Å². The van der Waals surface area contributed by atoms with E-state index in [0.29, 0.717) is 26.3 Å². The maximum absolute atomic E-state index is 12.0. The van der Waals surface area contributed by atoms with Crippen LogP contribution >= 0.6 is 22.6 Å². The third-order valence-corrected chi connectivity index (χ3v) is 3.04. The molecule has 0 radical (unpaired) electrons. The molecule has 1 aliphatic rings. The highest BCUT2D eigenvalue weighted by atomic mass is 127. The molecule has 0 N–H and O–H groups in total. The van der Waals surface area contributed by atoms with Crippen molar-refractivity contribution in [3.8, 4) is 0 Å². The second kappa shape index (κ2) is 4.94. The van der Waals surface area contributed by atoms with E-state index in [2.05, 4.69) is 22.6 Å². The third kappa shape index (κ3) is 2.69. The fourth-order valence-electron chi connectivity index (χ4n) is 1.57. The van der Waals surface area contributed by atoms with Crippen LogP contribution in [0, 0.1) is 3.57 Å². The van der Waals surface area contributed by atoms with Crippen LogP contribution in [0.25, 0.3) is 0 Å². The average molecular weight is 317 g/mol. The summed E-state index contributed by atoms with van der Waals surface area (Å²) in [6.45, 7) is 2.69. The number of halogens is 1. The third-order valence-electron chi connectivity index (χ3n) is 2.37. The van der Waals surface area contributed by atoms with E-state index in [1.807, 2.05) is 29.2 Å². The van der Waals surface area contributed by atoms with Gasteiger partial charge in [-0.1, -0.05) is 6.07 Å². The molecule has 1 aliphatic heterocycles. The minimum absolute atomic E-state index is 0.108. The second-order valence-electron chi connectivity index (χ2n) is 3.41. The Morgan fingerprint density at radius 2 is 2.07 bits per heavy atom. The molecule has 0 saturated carbocycles. The minimum atomic E-state index is 0.108. The summed E-state index contributed by atoms with van der Waals surface area (Å²) in [5.41, 5.74) is 0.767. The zero-order valence-electron chi connectivity index (χ0n) is 8.28. The van der Waals surface area contributed by atoms with E-state index < -0.39 is 0 Å². The molecule has 0 spiro atoms. The van der Waals surface area contributed by atoms with Crippen LogP contribution < -0.4 is 0 Å². The lowest BCUT2D eigenvalue weighted by Gasteiger charge is -2.26. The van der Waals surface area contributed by atoms with Crippen molar-refractivity contribution in [3.05, 3.63) is 33.4 Å². The zero-order chi connectivity index (χ0) is 10.7. The number of nitrogens with zero attached hydrogens (tertiary/aromatic N) is 1. The zero-order valence-corrected chi connectivity index (χ0v) is 10.4. The van der Waals surface area contributed by atoms with Gasteiger partial charge in [0, 0.05) is 22.2 Å². The van der Waals surface area contributed by atoms with Crippen LogP contribution in [0.3, 0.4) is 0 Å². The largest absolute Gasteiger partial charge is 0.378 e. The summed E-state index contributed by atoms with van der Waals surface area (Å²) in [6, 6.07) is 7.67. The predicted octanol–water partition coefficient (Wildman–Crippen LogP) is 1.76. The Morgan fingerprint density at radius 3 is 2.73 bits per heavy atom. The number of carbonyl (C=O) groups excluding carboxylic acids is 1. The summed E-state index contributed by atoms with van der Waals surface area (Å²) in [5.74, 6) is 0.108. The van der Waals surface area contributed by atoms with E-state index in [0.717, 1.165) is 9.13 Å². The van der Waals surface area contributed by atoms with Crippen LogP contribution in [0.4, 0.5) is 0 Å². The molecule has 80 valence electrons. The van der Waals surface area contributed by atoms with Crippen molar-refractivity contribution in [3.63, 3.8) is 0 Å². The van der Waals surface area contributed by atoms with Crippen LogP contribution in [0.5, 0.6) is 0 Å². The molecule has 0 aliphatic carbocycles. The molecule has 3 nitrogen and oxygen atoms in total. The average Bonchev–Trinajstić information content (AvgIpc) is 2.29. The van der Waals surface area contributed by atoms with Gasteiger partial charge in [0.1, 0.15) is 0 Å². The van der Waals surface area contributed by atoms with Crippen molar-refractivity contribution in [2.75, 3.05) is 26.3 Å². The molecule has 1 fully saturated rings. The highest BCUT2D eigenvalue weighted by Crippen LogP contribution is 2.11. The summed E-state index contributed by atoms with van der Waals surface area (Å²) >= 11 is 2.21. The fraction of sp³-hybridized carbons (Fsp3) is 0.364. The molecular weight excluding hydrogens is 305 g/mol. The van der Waals surface area contributed by atoms with E-state index >= 15 is 0 Å². The van der Waals surface area contributed by atoms with Gasteiger partial charge in [0.25, 0.3) is 5.91 Å². The topological polar surface area (TPSA) is 29.5 Å². The van der Waals surface area contributed by atoms with Crippen molar-refractivity contribution in [1.29, 1.82) is 0 Å². The van der Waals surface area contributed by atoms with E-state index in [1.165, 1.54) is 0 Å². The summed E-state index contributed by atoms with van der Waals surface area (Å²) < 4.78 is 6.30. The van der Waals surface area contributed by atoms with Gasteiger partial charge in [-0.25, -0.2) is 0 Å². The van der Waals surface area contributed by atoms with Gasteiger partial charge in [-0.2, -0.15) is 0 Å². The molecule has 2 rings (SSSR count). The maximum Gasteiger partial charge on any atom is 0.254 e. The van der Waals surface area contributed by atoms with Gasteiger partial charge >= 0.3 is 0 Å². The number of ether oxygens (including phenoxy) is 1. The molecule has 4 heteroatoms. The first-order valence-electron chi connectivity index (χ1n) is 4.90. The first-order valence-corrected chi connectivity index (χ1v) is 5.98. The Kier molecular flexibility index (Phi) is 3.58. The molecule has 1 aromatic carbocycles. The summed E-state index contributed by atoms with van der Waals surface area (Å²) in [7, 11) is 0. The van der Waals surface area contributed by atoms with Crippen molar-refractivity contribution in [1.82, 2.24) is 4.90 Å². The first-order chi connectivity index (χ1) is 7.27. The number of rotatable bonds is 1. The fourth-order valence-corrected chi connectivity index (χ4v) is 2.11. The van der Waals surface area contributed by atoms with Crippen molar-refractivity contribution in [2.24, 2.45) is 0 Å². The normalized spacial score (nSPS) is 16.5. The Balaban J connectivity index is 2.12. The van der Waals surface area contributed by atoms with Crippen LogP contribution in [0.2, 0.25) is 0 Å². The van der Waals surface area contributed by atoms with Crippen LogP contribution in [-0.2, 0) is 4.74 Å². The maximum atomic E-state index is 12.0. The quantitative estimate of drug-likeness (QED) is 0.739. The predicted molar refractivity (Wildman–Crippen MR) is 65.9 cm³/mol.